The number of aliphatic hydroxyl groups is 1. The van der Waals surface area contributed by atoms with Crippen LogP contribution in [0.25, 0.3) is 0 Å². The van der Waals surface area contributed by atoms with Gasteiger partial charge in [0.25, 0.3) is 0 Å². The lowest BCUT2D eigenvalue weighted by Crippen LogP contribution is -2.29. The fraction of sp³-hybridized carbons (Fsp3) is 0.667. The number of rotatable bonds is 7. The number of nitrogens with zero attached hydrogens (tertiary/aromatic N) is 2. The summed E-state index contributed by atoms with van der Waals surface area (Å²) in [5.41, 5.74) is 1.88. The van der Waals surface area contributed by atoms with Crippen LogP contribution in [0, 0.1) is 5.92 Å². The zero-order valence-corrected chi connectivity index (χ0v) is 12.1. The van der Waals surface area contributed by atoms with Crippen LogP contribution in [0.15, 0.2) is 18.3 Å². The van der Waals surface area contributed by atoms with Crippen molar-refractivity contribution in [1.29, 1.82) is 0 Å². The van der Waals surface area contributed by atoms with Gasteiger partial charge in [-0.3, -0.25) is 4.98 Å². The Balaban J connectivity index is 2.75. The third-order valence-electron chi connectivity index (χ3n) is 3.58. The van der Waals surface area contributed by atoms with Gasteiger partial charge >= 0.3 is 0 Å². The molecule has 1 heterocycles. The molecule has 0 bridgehead atoms. The SMILES string of the molecule is CCC(CC)CN(CC)c1ccc([C@@H](C)O)nc1. The molecule has 102 valence electrons. The summed E-state index contributed by atoms with van der Waals surface area (Å²) in [6.07, 6.45) is 3.81. The van der Waals surface area contributed by atoms with E-state index in [1.165, 1.54) is 12.8 Å². The summed E-state index contributed by atoms with van der Waals surface area (Å²) in [4.78, 5) is 6.67. The third-order valence-corrected chi connectivity index (χ3v) is 3.58. The van der Waals surface area contributed by atoms with Crippen LogP contribution < -0.4 is 4.90 Å². The lowest BCUT2D eigenvalue weighted by atomic mass is 10.0. The van der Waals surface area contributed by atoms with Gasteiger partial charge in [-0.05, 0) is 31.9 Å². The Labute approximate surface area is 111 Å². The number of anilines is 1. The molecule has 3 nitrogen and oxygen atoms in total. The maximum atomic E-state index is 9.46. The Morgan fingerprint density at radius 2 is 1.89 bits per heavy atom. The van der Waals surface area contributed by atoms with Crippen molar-refractivity contribution in [2.45, 2.75) is 46.6 Å². The number of hydrogen-bond donors (Lipinski definition) is 1. The molecule has 0 unspecified atom stereocenters. The Morgan fingerprint density at radius 1 is 1.22 bits per heavy atom. The molecule has 0 aliphatic carbocycles. The topological polar surface area (TPSA) is 36.4 Å². The van der Waals surface area contributed by atoms with Crippen molar-refractivity contribution < 1.29 is 5.11 Å². The first-order chi connectivity index (χ1) is 8.62. The van der Waals surface area contributed by atoms with Gasteiger partial charge in [0.15, 0.2) is 0 Å². The number of aliphatic hydroxyl groups excluding tert-OH is 1. The van der Waals surface area contributed by atoms with Gasteiger partial charge in [-0.2, -0.15) is 0 Å². The first-order valence-corrected chi connectivity index (χ1v) is 7.01. The van der Waals surface area contributed by atoms with Crippen LogP contribution in [0.1, 0.15) is 52.3 Å². The summed E-state index contributed by atoms with van der Waals surface area (Å²) in [7, 11) is 0. The van der Waals surface area contributed by atoms with Crippen molar-refractivity contribution >= 4 is 5.69 Å². The van der Waals surface area contributed by atoms with Gasteiger partial charge < -0.3 is 10.0 Å². The summed E-state index contributed by atoms with van der Waals surface area (Å²) in [6.45, 7) is 10.5. The summed E-state index contributed by atoms with van der Waals surface area (Å²) in [6, 6.07) is 3.97. The molecule has 18 heavy (non-hydrogen) atoms. The van der Waals surface area contributed by atoms with Gasteiger partial charge in [0.1, 0.15) is 0 Å². The van der Waals surface area contributed by atoms with E-state index in [-0.39, 0.29) is 0 Å². The smallest absolute Gasteiger partial charge is 0.0931 e. The first kappa shape index (κ1) is 15.0. The molecule has 1 aromatic heterocycles. The summed E-state index contributed by atoms with van der Waals surface area (Å²) in [5, 5.41) is 9.46. The summed E-state index contributed by atoms with van der Waals surface area (Å²) < 4.78 is 0. The molecule has 3 heteroatoms. The van der Waals surface area contributed by atoms with Crippen molar-refractivity contribution in [2.24, 2.45) is 5.92 Å². The Hall–Kier alpha value is -1.09. The Bertz CT molecular complexity index is 331. The Kier molecular flexibility index (Phi) is 6.13. The predicted molar refractivity (Wildman–Crippen MR) is 76.8 cm³/mol. The molecular formula is C15H26N2O. The molecule has 1 N–H and O–H groups in total. The van der Waals surface area contributed by atoms with E-state index in [1.54, 1.807) is 6.92 Å². The van der Waals surface area contributed by atoms with Crippen LogP contribution in [-0.2, 0) is 0 Å². The van der Waals surface area contributed by atoms with E-state index in [0.29, 0.717) is 0 Å². The summed E-state index contributed by atoms with van der Waals surface area (Å²) >= 11 is 0. The van der Waals surface area contributed by atoms with E-state index < -0.39 is 6.10 Å². The average molecular weight is 250 g/mol. The molecule has 0 radical (unpaired) electrons. The van der Waals surface area contributed by atoms with Crippen molar-refractivity contribution in [3.8, 4) is 0 Å². The minimum atomic E-state index is -0.492. The maximum Gasteiger partial charge on any atom is 0.0931 e. The molecule has 0 fully saturated rings. The van der Waals surface area contributed by atoms with Crippen LogP contribution in [0.5, 0.6) is 0 Å². The van der Waals surface area contributed by atoms with Gasteiger partial charge in [-0.15, -0.1) is 0 Å². The molecule has 0 saturated carbocycles. The van der Waals surface area contributed by atoms with Gasteiger partial charge in [0, 0.05) is 13.1 Å². The van der Waals surface area contributed by atoms with E-state index in [4.69, 9.17) is 0 Å². The van der Waals surface area contributed by atoms with E-state index in [1.807, 2.05) is 12.3 Å². The summed E-state index contributed by atoms with van der Waals surface area (Å²) in [5.74, 6) is 0.737. The van der Waals surface area contributed by atoms with E-state index in [9.17, 15) is 5.11 Å². The molecule has 0 aliphatic rings. The number of pyridine rings is 1. The predicted octanol–water partition coefficient (Wildman–Crippen LogP) is 3.40. The van der Waals surface area contributed by atoms with Gasteiger partial charge in [0.2, 0.25) is 0 Å². The van der Waals surface area contributed by atoms with Gasteiger partial charge in [-0.25, -0.2) is 0 Å². The zero-order valence-electron chi connectivity index (χ0n) is 12.1. The van der Waals surface area contributed by atoms with Crippen LogP contribution in [0.4, 0.5) is 5.69 Å². The standard InChI is InChI=1S/C15H26N2O/c1-5-13(6-2)11-17(7-3)14-8-9-15(12(4)18)16-10-14/h8-10,12-13,18H,5-7,11H2,1-4H3/t12-/m1/s1. The highest BCUT2D eigenvalue weighted by atomic mass is 16.3. The molecule has 0 amide bonds. The lowest BCUT2D eigenvalue weighted by Gasteiger charge is -2.27. The van der Waals surface area contributed by atoms with Crippen molar-refractivity contribution in [1.82, 2.24) is 4.98 Å². The fourth-order valence-corrected chi connectivity index (χ4v) is 2.11. The van der Waals surface area contributed by atoms with E-state index in [2.05, 4.69) is 36.7 Å². The molecule has 0 aromatic carbocycles. The minimum Gasteiger partial charge on any atom is -0.387 e. The highest BCUT2D eigenvalue weighted by Crippen LogP contribution is 2.19. The van der Waals surface area contributed by atoms with Crippen molar-refractivity contribution in [2.75, 3.05) is 18.0 Å². The molecule has 1 rings (SSSR count). The number of aromatic nitrogens is 1. The highest BCUT2D eigenvalue weighted by molar-refractivity contribution is 5.44. The quantitative estimate of drug-likeness (QED) is 0.805. The second kappa shape index (κ2) is 7.37. The van der Waals surface area contributed by atoms with Gasteiger partial charge in [0.05, 0.1) is 23.7 Å². The van der Waals surface area contributed by atoms with Crippen LogP contribution in [-0.4, -0.2) is 23.2 Å². The normalized spacial score (nSPS) is 12.8. The average Bonchev–Trinajstić information content (AvgIpc) is 2.40. The van der Waals surface area contributed by atoms with Crippen LogP contribution in [0.3, 0.4) is 0 Å². The second-order valence-electron chi connectivity index (χ2n) is 4.84. The van der Waals surface area contributed by atoms with Crippen LogP contribution in [0.2, 0.25) is 0 Å². The van der Waals surface area contributed by atoms with Crippen molar-refractivity contribution in [3.63, 3.8) is 0 Å². The van der Waals surface area contributed by atoms with Gasteiger partial charge in [-0.1, -0.05) is 26.7 Å². The third kappa shape index (κ3) is 3.98. The van der Waals surface area contributed by atoms with Crippen molar-refractivity contribution in [3.05, 3.63) is 24.0 Å². The van der Waals surface area contributed by atoms with E-state index >= 15 is 0 Å². The Morgan fingerprint density at radius 3 is 2.28 bits per heavy atom. The molecule has 1 atom stereocenters. The van der Waals surface area contributed by atoms with Crippen LogP contribution >= 0.6 is 0 Å². The lowest BCUT2D eigenvalue weighted by molar-refractivity contribution is 0.194. The molecule has 0 aliphatic heterocycles. The highest BCUT2D eigenvalue weighted by Gasteiger charge is 2.11. The molecule has 0 spiro atoms. The van der Waals surface area contributed by atoms with E-state index in [0.717, 1.165) is 30.4 Å². The maximum absolute atomic E-state index is 9.46. The molecule has 1 aromatic rings. The fourth-order valence-electron chi connectivity index (χ4n) is 2.11. The number of hydrogen-bond acceptors (Lipinski definition) is 3. The monoisotopic (exact) mass is 250 g/mol. The first-order valence-electron chi connectivity index (χ1n) is 7.01. The molecular weight excluding hydrogens is 224 g/mol. The largest absolute Gasteiger partial charge is 0.387 e. The zero-order chi connectivity index (χ0) is 13.5. The molecule has 0 saturated heterocycles. The minimum absolute atomic E-state index is 0.492. The second-order valence-corrected chi connectivity index (χ2v) is 4.84.